The van der Waals surface area contributed by atoms with E-state index in [1.807, 2.05) is 0 Å². The molecule has 0 fully saturated rings. The maximum absolute atomic E-state index is 11.0. The molecule has 0 aliphatic carbocycles. The molecule has 0 saturated heterocycles. The molecule has 1 atom stereocenters. The van der Waals surface area contributed by atoms with E-state index >= 15 is 0 Å². The Morgan fingerprint density at radius 2 is 1.91 bits per heavy atom. The Morgan fingerprint density at radius 3 is 2.00 bits per heavy atom. The first-order valence-electron chi connectivity index (χ1n) is 3.02. The fourth-order valence-electron chi connectivity index (χ4n) is 0.493. The van der Waals surface area contributed by atoms with Crippen LogP contribution in [0.1, 0.15) is 13.8 Å². The van der Waals surface area contributed by atoms with Crippen molar-refractivity contribution < 1.29 is 14.7 Å². The van der Waals surface area contributed by atoms with Crippen LogP contribution in [-0.4, -0.2) is 27.6 Å². The lowest BCUT2D eigenvalue weighted by atomic mass is 10.0. The Kier molecular flexibility index (Phi) is 3.07. The number of carboxylic acids is 1. The zero-order valence-corrected chi connectivity index (χ0v) is 7.26. The number of carbonyl (C=O) groups excluding carboxylic acids is 1. The van der Waals surface area contributed by atoms with Gasteiger partial charge in [0.05, 0.1) is 4.75 Å². The topological polar surface area (TPSA) is 80.4 Å². The van der Waals surface area contributed by atoms with Gasteiger partial charge in [-0.2, -0.15) is 12.6 Å². The third kappa shape index (κ3) is 2.90. The van der Waals surface area contributed by atoms with Crippen LogP contribution < -0.4 is 5.73 Å². The predicted octanol–water partition coefficient (Wildman–Crippen LogP) is -0.324. The average molecular weight is 177 g/mol. The lowest BCUT2D eigenvalue weighted by Gasteiger charge is -2.17. The molecule has 0 aliphatic rings. The third-order valence-electron chi connectivity index (χ3n) is 1.15. The summed E-state index contributed by atoms with van der Waals surface area (Å²) >= 11 is 3.89. The molecule has 0 bridgehead atoms. The summed E-state index contributed by atoms with van der Waals surface area (Å²) in [5.74, 6) is -1.91. The molecule has 0 rings (SSSR count). The van der Waals surface area contributed by atoms with Crippen molar-refractivity contribution in [3.63, 3.8) is 0 Å². The van der Waals surface area contributed by atoms with Crippen LogP contribution in [0.4, 0.5) is 0 Å². The van der Waals surface area contributed by atoms with Gasteiger partial charge in [0, 0.05) is 0 Å². The number of aliphatic carboxylic acids is 1. The summed E-state index contributed by atoms with van der Waals surface area (Å²) in [6.45, 7) is 3.00. The SMILES string of the molecule is CC(C)(S)C(=O)C(N)C(=O)O. The van der Waals surface area contributed by atoms with Crippen LogP contribution in [0, 0.1) is 0 Å². The summed E-state index contributed by atoms with van der Waals surface area (Å²) in [5.41, 5.74) is 5.05. The maximum Gasteiger partial charge on any atom is 0.328 e. The minimum atomic E-state index is -1.47. The van der Waals surface area contributed by atoms with E-state index in [9.17, 15) is 9.59 Å². The van der Waals surface area contributed by atoms with E-state index in [-0.39, 0.29) is 0 Å². The van der Waals surface area contributed by atoms with Crippen LogP contribution in [0.2, 0.25) is 0 Å². The fourth-order valence-corrected chi connectivity index (χ4v) is 0.632. The summed E-state index contributed by atoms with van der Waals surface area (Å²) in [6.07, 6.45) is 0. The number of rotatable bonds is 3. The average Bonchev–Trinajstić information content (AvgIpc) is 1.82. The van der Waals surface area contributed by atoms with Crippen molar-refractivity contribution in [1.82, 2.24) is 0 Å². The minimum Gasteiger partial charge on any atom is -0.480 e. The molecule has 1 unspecified atom stereocenters. The van der Waals surface area contributed by atoms with Crippen molar-refractivity contribution in [3.05, 3.63) is 0 Å². The van der Waals surface area contributed by atoms with Crippen molar-refractivity contribution in [2.45, 2.75) is 24.6 Å². The largest absolute Gasteiger partial charge is 0.480 e. The van der Waals surface area contributed by atoms with Crippen molar-refractivity contribution >= 4 is 24.4 Å². The molecule has 0 amide bonds. The van der Waals surface area contributed by atoms with Crippen LogP contribution in [0.5, 0.6) is 0 Å². The van der Waals surface area contributed by atoms with Gasteiger partial charge in [-0.3, -0.25) is 9.59 Å². The van der Waals surface area contributed by atoms with Crippen molar-refractivity contribution in [1.29, 1.82) is 0 Å². The lowest BCUT2D eigenvalue weighted by molar-refractivity contribution is -0.142. The first kappa shape index (κ1) is 10.4. The molecular formula is C6H11NO3S. The molecule has 64 valence electrons. The zero-order chi connectivity index (χ0) is 9.23. The number of nitrogens with two attached hydrogens (primary N) is 1. The molecule has 0 saturated carbocycles. The van der Waals surface area contributed by atoms with E-state index in [0.29, 0.717) is 0 Å². The van der Waals surface area contributed by atoms with E-state index in [1.165, 1.54) is 13.8 Å². The molecule has 0 heterocycles. The summed E-state index contributed by atoms with van der Waals surface area (Å²) in [5, 5.41) is 8.34. The first-order valence-corrected chi connectivity index (χ1v) is 3.46. The van der Waals surface area contributed by atoms with Crippen LogP contribution in [-0.2, 0) is 9.59 Å². The summed E-state index contributed by atoms with van der Waals surface area (Å²) < 4.78 is -0.988. The van der Waals surface area contributed by atoms with Crippen molar-refractivity contribution in [2.24, 2.45) is 5.73 Å². The second kappa shape index (κ2) is 3.23. The van der Waals surface area contributed by atoms with Crippen molar-refractivity contribution in [3.8, 4) is 0 Å². The Hall–Kier alpha value is -0.550. The van der Waals surface area contributed by atoms with E-state index < -0.39 is 22.5 Å². The zero-order valence-electron chi connectivity index (χ0n) is 6.37. The third-order valence-corrected chi connectivity index (χ3v) is 1.37. The molecule has 5 heteroatoms. The van der Waals surface area contributed by atoms with E-state index in [1.54, 1.807) is 0 Å². The molecule has 0 aliphatic heterocycles. The molecule has 0 aromatic carbocycles. The summed E-state index contributed by atoms with van der Waals surface area (Å²) in [7, 11) is 0. The number of carboxylic acid groups (broad SMARTS) is 1. The van der Waals surface area contributed by atoms with Gasteiger partial charge in [0.1, 0.15) is 0 Å². The van der Waals surface area contributed by atoms with E-state index in [4.69, 9.17) is 10.8 Å². The number of hydrogen-bond acceptors (Lipinski definition) is 4. The van der Waals surface area contributed by atoms with Gasteiger partial charge in [0.15, 0.2) is 11.8 Å². The number of carbonyl (C=O) groups is 2. The molecular weight excluding hydrogens is 166 g/mol. The van der Waals surface area contributed by atoms with Crippen molar-refractivity contribution in [2.75, 3.05) is 0 Å². The standard InChI is InChI=1S/C6H11NO3S/c1-6(2,11)4(8)3(7)5(9)10/h3,11H,7H2,1-2H3,(H,9,10). The highest BCUT2D eigenvalue weighted by Gasteiger charge is 2.32. The van der Waals surface area contributed by atoms with Gasteiger partial charge in [-0.15, -0.1) is 0 Å². The second-order valence-corrected chi connectivity index (χ2v) is 3.86. The van der Waals surface area contributed by atoms with Crippen LogP contribution in [0.3, 0.4) is 0 Å². The normalized spacial score (nSPS) is 14.2. The number of hydrogen-bond donors (Lipinski definition) is 3. The molecule has 0 spiro atoms. The molecule has 0 radical (unpaired) electrons. The Bertz CT molecular complexity index is 185. The Morgan fingerprint density at radius 1 is 1.55 bits per heavy atom. The molecule has 0 aromatic heterocycles. The monoisotopic (exact) mass is 177 g/mol. The lowest BCUT2D eigenvalue weighted by Crippen LogP contribution is -2.46. The van der Waals surface area contributed by atoms with Gasteiger partial charge in [0.25, 0.3) is 0 Å². The fraction of sp³-hybridized carbons (Fsp3) is 0.667. The molecule has 3 N–H and O–H groups in total. The number of thiol groups is 1. The highest BCUT2D eigenvalue weighted by molar-refractivity contribution is 7.82. The summed E-state index contributed by atoms with van der Waals surface area (Å²) in [4.78, 5) is 21.2. The molecule has 11 heavy (non-hydrogen) atoms. The van der Waals surface area contributed by atoms with Gasteiger partial charge in [-0.05, 0) is 13.8 Å². The number of Topliss-reactive ketones (excluding diaryl/α,β-unsaturated/α-hetero) is 1. The summed E-state index contributed by atoms with van der Waals surface area (Å²) in [6, 6.07) is -1.47. The van der Waals surface area contributed by atoms with Crippen LogP contribution >= 0.6 is 12.6 Å². The van der Waals surface area contributed by atoms with Gasteiger partial charge in [-0.1, -0.05) is 0 Å². The highest BCUT2D eigenvalue weighted by Crippen LogP contribution is 2.14. The van der Waals surface area contributed by atoms with Crippen LogP contribution in [0.15, 0.2) is 0 Å². The van der Waals surface area contributed by atoms with Crippen LogP contribution in [0.25, 0.3) is 0 Å². The second-order valence-electron chi connectivity index (χ2n) is 2.74. The quantitative estimate of drug-likeness (QED) is 0.407. The van der Waals surface area contributed by atoms with Gasteiger partial charge in [-0.25, -0.2) is 0 Å². The minimum absolute atomic E-state index is 0.590. The van der Waals surface area contributed by atoms with Gasteiger partial charge >= 0.3 is 5.97 Å². The maximum atomic E-state index is 11.0. The molecule has 0 aromatic rings. The predicted molar refractivity (Wildman–Crippen MR) is 43.7 cm³/mol. The van der Waals surface area contributed by atoms with E-state index in [0.717, 1.165) is 0 Å². The Labute approximate surface area is 70.2 Å². The van der Waals surface area contributed by atoms with E-state index in [2.05, 4.69) is 12.6 Å². The highest BCUT2D eigenvalue weighted by atomic mass is 32.1. The smallest absolute Gasteiger partial charge is 0.328 e. The first-order chi connectivity index (χ1) is 4.76. The molecule has 4 nitrogen and oxygen atoms in total. The Balaban J connectivity index is 4.39. The number of ketones is 1. The van der Waals surface area contributed by atoms with Gasteiger partial charge in [0.2, 0.25) is 0 Å². The van der Waals surface area contributed by atoms with Gasteiger partial charge < -0.3 is 10.8 Å².